The van der Waals surface area contributed by atoms with Crippen LogP contribution >= 0.6 is 0 Å². The van der Waals surface area contributed by atoms with E-state index in [0.29, 0.717) is 22.7 Å². The van der Waals surface area contributed by atoms with E-state index >= 15 is 0 Å². The summed E-state index contributed by atoms with van der Waals surface area (Å²) in [7, 11) is 0. The van der Waals surface area contributed by atoms with E-state index in [1.54, 1.807) is 19.1 Å². The summed E-state index contributed by atoms with van der Waals surface area (Å²) in [6.45, 7) is 2.02. The van der Waals surface area contributed by atoms with E-state index < -0.39 is 4.92 Å². The average molecular weight is 285 g/mol. The quantitative estimate of drug-likeness (QED) is 0.642. The third kappa shape index (κ3) is 2.27. The van der Waals surface area contributed by atoms with Gasteiger partial charge in [0.1, 0.15) is 5.69 Å². The number of benzene rings is 1. The number of hydrogen-bond acceptors (Lipinski definition) is 5. The molecule has 0 atom stereocenters. The molecule has 1 aliphatic heterocycles. The molecule has 2 N–H and O–H groups in total. The fourth-order valence-corrected chi connectivity index (χ4v) is 2.08. The number of H-pyrrole nitrogens is 1. The number of aromatic nitrogens is 2. The van der Waals surface area contributed by atoms with Gasteiger partial charge < -0.3 is 5.32 Å². The second-order valence-corrected chi connectivity index (χ2v) is 4.59. The zero-order valence-corrected chi connectivity index (χ0v) is 11.1. The predicted molar refractivity (Wildman–Crippen MR) is 75.0 cm³/mol. The highest BCUT2D eigenvalue weighted by Crippen LogP contribution is 2.24. The lowest BCUT2D eigenvalue weighted by Crippen LogP contribution is -2.28. The summed E-state index contributed by atoms with van der Waals surface area (Å²) in [6, 6.07) is 6.05. The van der Waals surface area contributed by atoms with Crippen molar-refractivity contribution in [3.8, 4) is 0 Å². The van der Waals surface area contributed by atoms with Gasteiger partial charge in [0.25, 0.3) is 11.6 Å². The number of rotatable bonds is 2. The number of carbonyl (C=O) groups excluding carboxylic acids is 1. The fraction of sp³-hybridized carbons (Fsp3) is 0.154. The van der Waals surface area contributed by atoms with Crippen molar-refractivity contribution in [2.45, 2.75) is 6.92 Å². The molecule has 0 radical (unpaired) electrons. The average Bonchev–Trinajstić information content (AvgIpc) is 2.75. The lowest BCUT2D eigenvalue weighted by atomic mass is 10.1. The molecule has 0 saturated carbocycles. The largest absolute Gasteiger partial charge is 0.345 e. The Bertz CT molecular complexity index is 761. The molecule has 2 aromatic rings. The van der Waals surface area contributed by atoms with Gasteiger partial charge in [0, 0.05) is 12.1 Å². The summed E-state index contributed by atoms with van der Waals surface area (Å²) in [4.78, 5) is 26.6. The van der Waals surface area contributed by atoms with E-state index in [1.165, 1.54) is 12.1 Å². The first kappa shape index (κ1) is 13.0. The minimum Gasteiger partial charge on any atom is -0.345 e. The van der Waals surface area contributed by atoms with E-state index in [1.807, 2.05) is 0 Å². The van der Waals surface area contributed by atoms with Crippen LogP contribution in [0.1, 0.15) is 21.7 Å². The molecular weight excluding hydrogens is 274 g/mol. The number of nitrogens with one attached hydrogen (secondary N) is 2. The Hall–Kier alpha value is -3.03. The van der Waals surface area contributed by atoms with Gasteiger partial charge in [-0.15, -0.1) is 0 Å². The number of aromatic amines is 1. The molecule has 1 aromatic heterocycles. The van der Waals surface area contributed by atoms with E-state index in [2.05, 4.69) is 20.5 Å². The third-order valence-corrected chi connectivity index (χ3v) is 3.20. The molecule has 8 nitrogen and oxygen atoms in total. The number of aliphatic imine (C=N–C) groups is 1. The molecular formula is C13H11N5O3. The standard InChI is InChI=1S/C13H11N5O3/c1-7-11-12(17-16-7)13(19)14-6-10(15-11)8-2-4-9(5-3-8)18(20)21/h2-5H,6H2,1H3,(H,14,19)(H,16,17). The van der Waals surface area contributed by atoms with E-state index in [0.717, 1.165) is 0 Å². The van der Waals surface area contributed by atoms with Gasteiger partial charge in [0.05, 0.1) is 22.9 Å². The number of nitrogens with zero attached hydrogens (tertiary/aromatic N) is 3. The first-order valence-corrected chi connectivity index (χ1v) is 6.22. The van der Waals surface area contributed by atoms with Gasteiger partial charge in [-0.3, -0.25) is 20.0 Å². The van der Waals surface area contributed by atoms with Gasteiger partial charge >= 0.3 is 0 Å². The maximum atomic E-state index is 11.9. The number of aryl methyl sites for hydroxylation is 1. The van der Waals surface area contributed by atoms with Crippen LogP contribution in [0.4, 0.5) is 11.4 Å². The van der Waals surface area contributed by atoms with Crippen LogP contribution < -0.4 is 5.32 Å². The summed E-state index contributed by atoms with van der Waals surface area (Å²) < 4.78 is 0. The molecule has 1 amide bonds. The van der Waals surface area contributed by atoms with Crippen molar-refractivity contribution in [1.82, 2.24) is 15.5 Å². The molecule has 1 aliphatic rings. The first-order valence-electron chi connectivity index (χ1n) is 6.22. The number of fused-ring (bicyclic) bond motifs is 1. The molecule has 3 rings (SSSR count). The summed E-state index contributed by atoms with van der Waals surface area (Å²) in [5, 5.41) is 20.0. The zero-order chi connectivity index (χ0) is 15.0. The first-order chi connectivity index (χ1) is 10.1. The molecule has 0 bridgehead atoms. The summed E-state index contributed by atoms with van der Waals surface area (Å²) in [5.74, 6) is -0.296. The van der Waals surface area contributed by atoms with Crippen LogP contribution in [0.15, 0.2) is 29.3 Å². The fourth-order valence-electron chi connectivity index (χ4n) is 2.08. The Labute approximate surface area is 119 Å². The molecule has 1 aromatic carbocycles. The van der Waals surface area contributed by atoms with Crippen molar-refractivity contribution in [3.63, 3.8) is 0 Å². The zero-order valence-electron chi connectivity index (χ0n) is 11.1. The molecule has 0 aliphatic carbocycles. The van der Waals surface area contributed by atoms with Crippen LogP contribution in [0.5, 0.6) is 0 Å². The van der Waals surface area contributed by atoms with Crippen molar-refractivity contribution in [3.05, 3.63) is 51.3 Å². The third-order valence-electron chi connectivity index (χ3n) is 3.20. The second-order valence-electron chi connectivity index (χ2n) is 4.59. The number of hydrogen-bond donors (Lipinski definition) is 2. The van der Waals surface area contributed by atoms with Gasteiger partial charge in [-0.1, -0.05) is 0 Å². The summed E-state index contributed by atoms with van der Waals surface area (Å²) in [5.41, 5.74) is 2.80. The van der Waals surface area contributed by atoms with Crippen LogP contribution in [0.3, 0.4) is 0 Å². The Morgan fingerprint density at radius 1 is 1.29 bits per heavy atom. The van der Waals surface area contributed by atoms with Crippen LogP contribution in [-0.4, -0.2) is 33.3 Å². The topological polar surface area (TPSA) is 113 Å². The molecule has 0 unspecified atom stereocenters. The minimum absolute atomic E-state index is 0.0113. The highest BCUT2D eigenvalue weighted by atomic mass is 16.6. The molecule has 21 heavy (non-hydrogen) atoms. The SMILES string of the molecule is Cc1[nH]nc2c1N=C(c1ccc([N+](=O)[O-])cc1)CNC2=O. The Kier molecular flexibility index (Phi) is 2.98. The lowest BCUT2D eigenvalue weighted by Gasteiger charge is -2.04. The van der Waals surface area contributed by atoms with Crippen molar-refractivity contribution in [2.24, 2.45) is 4.99 Å². The normalized spacial score (nSPS) is 14.0. The molecule has 106 valence electrons. The molecule has 0 saturated heterocycles. The number of nitro benzene ring substituents is 1. The summed E-state index contributed by atoms with van der Waals surface area (Å²) in [6.07, 6.45) is 0. The maximum Gasteiger partial charge on any atom is 0.274 e. The monoisotopic (exact) mass is 285 g/mol. The van der Waals surface area contributed by atoms with Crippen molar-refractivity contribution in [2.75, 3.05) is 6.54 Å². The maximum absolute atomic E-state index is 11.9. The van der Waals surface area contributed by atoms with Crippen molar-refractivity contribution in [1.29, 1.82) is 0 Å². The Morgan fingerprint density at radius 2 is 2.00 bits per heavy atom. The number of carbonyl (C=O) groups is 1. The summed E-state index contributed by atoms with van der Waals surface area (Å²) >= 11 is 0. The van der Waals surface area contributed by atoms with Gasteiger partial charge in [-0.25, -0.2) is 4.99 Å². The lowest BCUT2D eigenvalue weighted by molar-refractivity contribution is -0.384. The van der Waals surface area contributed by atoms with E-state index in [4.69, 9.17) is 0 Å². The van der Waals surface area contributed by atoms with E-state index in [9.17, 15) is 14.9 Å². The second kappa shape index (κ2) is 4.82. The minimum atomic E-state index is -0.460. The molecule has 8 heteroatoms. The smallest absolute Gasteiger partial charge is 0.274 e. The van der Waals surface area contributed by atoms with Crippen molar-refractivity contribution < 1.29 is 9.72 Å². The molecule has 0 spiro atoms. The predicted octanol–water partition coefficient (Wildman–Crippen LogP) is 1.49. The van der Waals surface area contributed by atoms with Crippen LogP contribution in [-0.2, 0) is 0 Å². The number of non-ortho nitro benzene ring substituents is 1. The van der Waals surface area contributed by atoms with Gasteiger partial charge in [-0.05, 0) is 24.6 Å². The van der Waals surface area contributed by atoms with Crippen molar-refractivity contribution >= 4 is 23.0 Å². The van der Waals surface area contributed by atoms with Crippen LogP contribution in [0.2, 0.25) is 0 Å². The van der Waals surface area contributed by atoms with Gasteiger partial charge in [0.15, 0.2) is 5.69 Å². The molecule has 0 fully saturated rings. The Morgan fingerprint density at radius 3 is 2.67 bits per heavy atom. The van der Waals surface area contributed by atoms with Crippen LogP contribution in [0.25, 0.3) is 0 Å². The number of amides is 1. The number of nitro groups is 1. The van der Waals surface area contributed by atoms with Crippen LogP contribution in [0, 0.1) is 17.0 Å². The Balaban J connectivity index is 2.03. The molecule has 2 heterocycles. The van der Waals surface area contributed by atoms with E-state index in [-0.39, 0.29) is 23.8 Å². The highest BCUT2D eigenvalue weighted by Gasteiger charge is 2.22. The highest BCUT2D eigenvalue weighted by molar-refractivity contribution is 6.10. The van der Waals surface area contributed by atoms with Gasteiger partial charge in [0.2, 0.25) is 0 Å². The van der Waals surface area contributed by atoms with Gasteiger partial charge in [-0.2, -0.15) is 5.10 Å².